The van der Waals surface area contributed by atoms with Crippen LogP contribution in [0.4, 0.5) is 15.8 Å². The van der Waals surface area contributed by atoms with Crippen LogP contribution < -0.4 is 15.0 Å². The van der Waals surface area contributed by atoms with Crippen LogP contribution in [0.1, 0.15) is 20.8 Å². The van der Waals surface area contributed by atoms with Crippen molar-refractivity contribution in [2.45, 2.75) is 26.3 Å². The number of anilines is 2. The van der Waals surface area contributed by atoms with E-state index in [1.165, 1.54) is 6.07 Å². The first-order chi connectivity index (χ1) is 13.8. The number of hydrogen-bond donors (Lipinski definition) is 2. The molecule has 0 spiro atoms. The molecule has 1 aliphatic heterocycles. The number of methoxy groups -OCH3 is 1. The van der Waals surface area contributed by atoms with Gasteiger partial charge in [-0.05, 0) is 38.5 Å². The average Bonchev–Trinajstić information content (AvgIpc) is 3.17. The number of aromatic amines is 1. The van der Waals surface area contributed by atoms with Crippen LogP contribution >= 0.6 is 0 Å². The zero-order valence-electron chi connectivity index (χ0n) is 17.4. The molecule has 3 aromatic rings. The Morgan fingerprint density at radius 3 is 2.72 bits per heavy atom. The number of H-pyrrole nitrogens is 1. The first-order valence-corrected chi connectivity index (χ1v) is 9.48. The van der Waals surface area contributed by atoms with Crippen LogP contribution in [-0.4, -0.2) is 30.5 Å². The molecule has 0 fully saturated rings. The lowest BCUT2D eigenvalue weighted by Gasteiger charge is -2.44. The lowest BCUT2D eigenvalue weighted by Crippen LogP contribution is -2.47. The predicted octanol–water partition coefficient (Wildman–Crippen LogP) is 5.56. The van der Waals surface area contributed by atoms with Gasteiger partial charge in [-0.15, -0.1) is 0 Å². The van der Waals surface area contributed by atoms with E-state index in [1.807, 2.05) is 56.1 Å². The zero-order chi connectivity index (χ0) is 20.9. The summed E-state index contributed by atoms with van der Waals surface area (Å²) in [7, 11) is 3.30. The number of nitrogens with one attached hydrogen (secondary N) is 2. The Bertz CT molecular complexity index is 1160. The number of amidine groups is 1. The van der Waals surface area contributed by atoms with Crippen molar-refractivity contribution in [3.8, 4) is 16.9 Å². The van der Waals surface area contributed by atoms with Gasteiger partial charge in [0, 0.05) is 35.9 Å². The molecule has 4 rings (SSSR count). The molecule has 1 aromatic heterocycles. The fraction of sp³-hybridized carbons (Fsp3) is 0.261. The predicted molar refractivity (Wildman–Crippen MR) is 119 cm³/mol. The Labute approximate surface area is 169 Å². The van der Waals surface area contributed by atoms with Gasteiger partial charge in [0.15, 0.2) is 5.75 Å². The van der Waals surface area contributed by atoms with E-state index >= 15 is 4.39 Å². The number of aromatic nitrogens is 1. The maximum Gasteiger partial charge on any atom is 0.155 e. The minimum Gasteiger partial charge on any atom is -0.494 e. The fourth-order valence-electron chi connectivity index (χ4n) is 3.97. The third-order valence-electron chi connectivity index (χ3n) is 5.58. The van der Waals surface area contributed by atoms with Gasteiger partial charge in [0.05, 0.1) is 23.9 Å². The molecule has 29 heavy (non-hydrogen) atoms. The van der Waals surface area contributed by atoms with Crippen LogP contribution in [0.25, 0.3) is 22.0 Å². The van der Waals surface area contributed by atoms with Crippen molar-refractivity contribution < 1.29 is 9.13 Å². The SMILES string of the molecule is C=C1N(C(C)=NC)c2c(cc(F)c(-c3cccc4[nH]ccc34)c2OC)NC1(C)C. The van der Waals surface area contributed by atoms with Crippen molar-refractivity contribution in [2.24, 2.45) is 4.99 Å². The van der Waals surface area contributed by atoms with E-state index in [0.29, 0.717) is 22.7 Å². The molecule has 0 bridgehead atoms. The monoisotopic (exact) mass is 392 g/mol. The summed E-state index contributed by atoms with van der Waals surface area (Å²) in [6.07, 6.45) is 1.85. The Kier molecular flexibility index (Phi) is 4.37. The first kappa shape index (κ1) is 19.1. The molecule has 2 heterocycles. The molecule has 2 aromatic carbocycles. The molecular weight excluding hydrogens is 367 g/mol. The minimum absolute atomic E-state index is 0.351. The number of nitrogens with zero attached hydrogens (tertiary/aromatic N) is 2. The van der Waals surface area contributed by atoms with Crippen LogP contribution in [0.5, 0.6) is 5.75 Å². The minimum atomic E-state index is -0.474. The van der Waals surface area contributed by atoms with Gasteiger partial charge < -0.3 is 15.0 Å². The first-order valence-electron chi connectivity index (χ1n) is 9.48. The van der Waals surface area contributed by atoms with E-state index in [2.05, 4.69) is 21.9 Å². The van der Waals surface area contributed by atoms with E-state index in [9.17, 15) is 0 Å². The van der Waals surface area contributed by atoms with Crippen molar-refractivity contribution in [1.82, 2.24) is 4.98 Å². The summed E-state index contributed by atoms with van der Waals surface area (Å²) in [5.74, 6) is 0.846. The standard InChI is InChI=1S/C23H25FN4O/c1-13-23(3,4)27-19-12-17(24)20(16-8-7-9-18-15(16)10-11-26-18)22(29-6)21(19)28(13)14(2)25-5/h7-12,26-27H,1H2,2-6H3. The average molecular weight is 392 g/mol. The zero-order valence-corrected chi connectivity index (χ0v) is 17.4. The second-order valence-corrected chi connectivity index (χ2v) is 7.71. The molecule has 0 atom stereocenters. The van der Waals surface area contributed by atoms with Crippen LogP contribution in [0, 0.1) is 5.82 Å². The third kappa shape index (κ3) is 2.78. The highest BCUT2D eigenvalue weighted by atomic mass is 19.1. The molecule has 0 aliphatic carbocycles. The molecule has 150 valence electrons. The highest BCUT2D eigenvalue weighted by Crippen LogP contribution is 2.51. The summed E-state index contributed by atoms with van der Waals surface area (Å²) in [4.78, 5) is 9.50. The number of fused-ring (bicyclic) bond motifs is 2. The molecule has 2 N–H and O–H groups in total. The highest BCUT2D eigenvalue weighted by molar-refractivity contribution is 6.08. The van der Waals surface area contributed by atoms with Crippen molar-refractivity contribution in [1.29, 1.82) is 0 Å². The summed E-state index contributed by atoms with van der Waals surface area (Å²) in [6.45, 7) is 10.2. The number of hydrogen-bond acceptors (Lipinski definition) is 3. The number of benzene rings is 2. The quantitative estimate of drug-likeness (QED) is 0.444. The maximum absolute atomic E-state index is 15.5. The van der Waals surface area contributed by atoms with Crippen LogP contribution in [0.3, 0.4) is 0 Å². The Morgan fingerprint density at radius 2 is 2.03 bits per heavy atom. The number of ether oxygens (including phenoxy) is 1. The summed E-state index contributed by atoms with van der Waals surface area (Å²) < 4.78 is 21.3. The second kappa shape index (κ2) is 6.65. The van der Waals surface area contributed by atoms with Crippen molar-refractivity contribution in [2.75, 3.05) is 24.4 Å². The van der Waals surface area contributed by atoms with Gasteiger partial charge in [0.25, 0.3) is 0 Å². The van der Waals surface area contributed by atoms with Crippen molar-refractivity contribution in [3.05, 3.63) is 54.6 Å². The Hall–Kier alpha value is -3.28. The summed E-state index contributed by atoms with van der Waals surface area (Å²) in [6, 6.07) is 9.25. The lowest BCUT2D eigenvalue weighted by atomic mass is 9.92. The van der Waals surface area contributed by atoms with Gasteiger partial charge in [-0.2, -0.15) is 0 Å². The summed E-state index contributed by atoms with van der Waals surface area (Å²) in [5.41, 5.74) is 3.81. The largest absolute Gasteiger partial charge is 0.494 e. The molecule has 0 unspecified atom stereocenters. The molecule has 0 saturated heterocycles. The molecule has 0 radical (unpaired) electrons. The number of halogens is 1. The Balaban J connectivity index is 2.09. The molecule has 5 nitrogen and oxygen atoms in total. The van der Waals surface area contributed by atoms with Gasteiger partial charge in [-0.25, -0.2) is 4.39 Å². The van der Waals surface area contributed by atoms with E-state index in [4.69, 9.17) is 4.74 Å². The number of aliphatic imine (C=N–C) groups is 1. The van der Waals surface area contributed by atoms with Gasteiger partial charge in [0.1, 0.15) is 17.3 Å². The van der Waals surface area contributed by atoms with Crippen molar-refractivity contribution >= 4 is 28.1 Å². The molecule has 6 heteroatoms. The number of rotatable bonds is 2. The van der Waals surface area contributed by atoms with E-state index < -0.39 is 5.54 Å². The Morgan fingerprint density at radius 1 is 1.28 bits per heavy atom. The van der Waals surface area contributed by atoms with E-state index in [0.717, 1.165) is 28.0 Å². The third-order valence-corrected chi connectivity index (χ3v) is 5.58. The molecule has 0 amide bonds. The van der Waals surface area contributed by atoms with Gasteiger partial charge in [0.2, 0.25) is 0 Å². The van der Waals surface area contributed by atoms with Crippen LogP contribution in [-0.2, 0) is 0 Å². The van der Waals surface area contributed by atoms with Crippen LogP contribution in [0.2, 0.25) is 0 Å². The lowest BCUT2D eigenvalue weighted by molar-refractivity contribution is 0.413. The second-order valence-electron chi connectivity index (χ2n) is 7.71. The maximum atomic E-state index is 15.5. The van der Waals surface area contributed by atoms with E-state index in [-0.39, 0.29) is 5.82 Å². The van der Waals surface area contributed by atoms with Crippen LogP contribution in [0.15, 0.2) is 53.8 Å². The van der Waals surface area contributed by atoms with E-state index in [1.54, 1.807) is 14.2 Å². The molecular formula is C23H25FN4O. The van der Waals surface area contributed by atoms with Gasteiger partial charge >= 0.3 is 0 Å². The van der Waals surface area contributed by atoms with Gasteiger partial charge in [-0.3, -0.25) is 9.89 Å². The molecule has 1 aliphatic rings. The van der Waals surface area contributed by atoms with Gasteiger partial charge in [-0.1, -0.05) is 18.7 Å². The summed E-state index contributed by atoms with van der Waals surface area (Å²) >= 11 is 0. The normalized spacial score (nSPS) is 16.0. The fourth-order valence-corrected chi connectivity index (χ4v) is 3.97. The summed E-state index contributed by atoms with van der Waals surface area (Å²) in [5, 5.41) is 4.33. The molecule has 0 saturated carbocycles. The smallest absolute Gasteiger partial charge is 0.155 e. The topological polar surface area (TPSA) is 52.7 Å². The highest BCUT2D eigenvalue weighted by Gasteiger charge is 2.38. The van der Waals surface area contributed by atoms with Crippen molar-refractivity contribution in [3.63, 3.8) is 0 Å².